The van der Waals surface area contributed by atoms with Crippen LogP contribution in [-0.2, 0) is 6.42 Å². The Labute approximate surface area is 197 Å². The third-order valence-electron chi connectivity index (χ3n) is 6.38. The number of anilines is 2. The van der Waals surface area contributed by atoms with Crippen LogP contribution in [-0.4, -0.2) is 25.7 Å². The average molecular weight is 451 g/mol. The van der Waals surface area contributed by atoms with Gasteiger partial charge in [0.05, 0.1) is 0 Å². The highest BCUT2D eigenvalue weighted by molar-refractivity contribution is 5.89. The molecule has 4 N–H and O–H groups in total. The van der Waals surface area contributed by atoms with Crippen LogP contribution in [0.15, 0.2) is 48.5 Å². The van der Waals surface area contributed by atoms with Crippen LogP contribution >= 0.6 is 0 Å². The van der Waals surface area contributed by atoms with E-state index in [1.54, 1.807) is 7.05 Å². The summed E-state index contributed by atoms with van der Waals surface area (Å²) < 4.78 is 0. The molecule has 1 aliphatic carbocycles. The molecule has 2 atom stereocenters. The van der Waals surface area contributed by atoms with E-state index in [2.05, 4.69) is 49.0 Å². The zero-order chi connectivity index (χ0) is 24.1. The lowest BCUT2D eigenvalue weighted by Crippen LogP contribution is -2.44. The lowest BCUT2D eigenvalue weighted by atomic mass is 9.61. The SMILES string of the molecule is CNC(=O)Nc1ccc(Cc2ccc(NC(=O)NCC3(C)CC(C)CC(C)(C)C3)cc2)cc1. The normalized spacial score (nSPS) is 21.7. The van der Waals surface area contributed by atoms with Gasteiger partial charge < -0.3 is 21.3 Å². The van der Waals surface area contributed by atoms with Gasteiger partial charge >= 0.3 is 12.1 Å². The number of carbonyl (C=O) groups excluding carboxylic acids is 2. The molecule has 2 aromatic rings. The minimum Gasteiger partial charge on any atom is -0.341 e. The van der Waals surface area contributed by atoms with E-state index in [1.807, 2.05) is 48.5 Å². The fourth-order valence-corrected chi connectivity index (χ4v) is 5.60. The number of urea groups is 2. The Bertz CT molecular complexity index is 953. The van der Waals surface area contributed by atoms with E-state index >= 15 is 0 Å². The molecular weight excluding hydrogens is 412 g/mol. The van der Waals surface area contributed by atoms with Crippen molar-refractivity contribution in [3.63, 3.8) is 0 Å². The molecule has 0 aliphatic heterocycles. The van der Waals surface area contributed by atoms with E-state index < -0.39 is 0 Å². The summed E-state index contributed by atoms with van der Waals surface area (Å²) in [5, 5.41) is 11.3. The number of hydrogen-bond acceptors (Lipinski definition) is 2. The Balaban J connectivity index is 1.49. The highest BCUT2D eigenvalue weighted by Crippen LogP contribution is 2.48. The first kappa shape index (κ1) is 24.6. The molecule has 2 aromatic carbocycles. The van der Waals surface area contributed by atoms with Crippen molar-refractivity contribution in [2.45, 2.75) is 53.4 Å². The standard InChI is InChI=1S/C27H38N4O2/c1-19-15-26(2,3)17-27(4,16-19)18-29-25(33)31-23-12-8-21(9-13-23)14-20-6-10-22(11-7-20)30-24(32)28-5/h6-13,19H,14-18H2,1-5H3,(H2,28,30,32)(H2,29,31,33). The van der Waals surface area contributed by atoms with Gasteiger partial charge in [-0.1, -0.05) is 52.0 Å². The van der Waals surface area contributed by atoms with Crippen LogP contribution in [0.3, 0.4) is 0 Å². The van der Waals surface area contributed by atoms with Gasteiger partial charge in [-0.15, -0.1) is 0 Å². The summed E-state index contributed by atoms with van der Waals surface area (Å²) in [6, 6.07) is 15.3. The second kappa shape index (κ2) is 10.3. The summed E-state index contributed by atoms with van der Waals surface area (Å²) in [6.07, 6.45) is 4.30. The average Bonchev–Trinajstić information content (AvgIpc) is 2.73. The predicted octanol–water partition coefficient (Wildman–Crippen LogP) is 6.00. The maximum atomic E-state index is 12.5. The molecule has 33 heavy (non-hydrogen) atoms. The van der Waals surface area contributed by atoms with Crippen molar-refractivity contribution >= 4 is 23.4 Å². The van der Waals surface area contributed by atoms with Gasteiger partial charge in [0.1, 0.15) is 0 Å². The van der Waals surface area contributed by atoms with E-state index in [0.717, 1.165) is 41.8 Å². The predicted molar refractivity (Wildman–Crippen MR) is 136 cm³/mol. The van der Waals surface area contributed by atoms with Crippen molar-refractivity contribution in [3.8, 4) is 0 Å². The summed E-state index contributed by atoms with van der Waals surface area (Å²) in [5.74, 6) is 0.680. The van der Waals surface area contributed by atoms with Gasteiger partial charge in [-0.3, -0.25) is 0 Å². The molecule has 6 nitrogen and oxygen atoms in total. The van der Waals surface area contributed by atoms with Gasteiger partial charge in [0.2, 0.25) is 0 Å². The van der Waals surface area contributed by atoms with E-state index in [1.165, 1.54) is 6.42 Å². The minimum atomic E-state index is -0.235. The largest absolute Gasteiger partial charge is 0.341 e. The Hall–Kier alpha value is -3.02. The van der Waals surface area contributed by atoms with Crippen LogP contribution in [0.25, 0.3) is 0 Å². The number of carbonyl (C=O) groups is 2. The Morgan fingerprint density at radius 1 is 0.848 bits per heavy atom. The highest BCUT2D eigenvalue weighted by atomic mass is 16.2. The first-order valence-electron chi connectivity index (χ1n) is 11.8. The van der Waals surface area contributed by atoms with E-state index in [-0.39, 0.29) is 17.5 Å². The van der Waals surface area contributed by atoms with Gasteiger partial charge in [0.25, 0.3) is 0 Å². The Morgan fingerprint density at radius 3 is 1.85 bits per heavy atom. The Kier molecular flexibility index (Phi) is 7.67. The molecule has 0 radical (unpaired) electrons. The molecule has 178 valence electrons. The first-order valence-corrected chi connectivity index (χ1v) is 11.8. The molecule has 0 heterocycles. The van der Waals surface area contributed by atoms with E-state index in [9.17, 15) is 9.59 Å². The van der Waals surface area contributed by atoms with Gasteiger partial charge in [-0.2, -0.15) is 0 Å². The molecular formula is C27H38N4O2. The summed E-state index contributed by atoms with van der Waals surface area (Å²) >= 11 is 0. The van der Waals surface area contributed by atoms with E-state index in [4.69, 9.17) is 0 Å². The van der Waals surface area contributed by atoms with Crippen molar-refractivity contribution in [3.05, 3.63) is 59.7 Å². The molecule has 1 saturated carbocycles. The maximum Gasteiger partial charge on any atom is 0.319 e. The van der Waals surface area contributed by atoms with Crippen LogP contribution in [0.4, 0.5) is 21.0 Å². The quantitative estimate of drug-likeness (QED) is 0.435. The second-order valence-corrected chi connectivity index (χ2v) is 10.7. The summed E-state index contributed by atoms with van der Waals surface area (Å²) in [7, 11) is 1.59. The zero-order valence-electron chi connectivity index (χ0n) is 20.5. The lowest BCUT2D eigenvalue weighted by molar-refractivity contribution is 0.0629. The molecule has 2 unspecified atom stereocenters. The summed E-state index contributed by atoms with van der Waals surface area (Å²) in [5.41, 5.74) is 4.29. The third kappa shape index (κ3) is 7.52. The van der Waals surface area contributed by atoms with Gasteiger partial charge in [0.15, 0.2) is 0 Å². The molecule has 0 saturated heterocycles. The molecule has 0 aromatic heterocycles. The maximum absolute atomic E-state index is 12.5. The van der Waals surface area contributed by atoms with Crippen molar-refractivity contribution in [1.82, 2.24) is 10.6 Å². The number of benzene rings is 2. The molecule has 4 amide bonds. The summed E-state index contributed by atoms with van der Waals surface area (Å²) in [6.45, 7) is 9.96. The van der Waals surface area contributed by atoms with Gasteiger partial charge in [0, 0.05) is 25.0 Å². The van der Waals surface area contributed by atoms with Crippen LogP contribution < -0.4 is 21.3 Å². The lowest BCUT2D eigenvalue weighted by Gasteiger charge is -2.46. The van der Waals surface area contributed by atoms with Crippen LogP contribution in [0.2, 0.25) is 0 Å². The number of nitrogens with one attached hydrogen (secondary N) is 4. The second-order valence-electron chi connectivity index (χ2n) is 10.7. The molecule has 0 bridgehead atoms. The zero-order valence-corrected chi connectivity index (χ0v) is 20.5. The van der Waals surface area contributed by atoms with Crippen molar-refractivity contribution in [2.24, 2.45) is 16.7 Å². The van der Waals surface area contributed by atoms with Crippen LogP contribution in [0.1, 0.15) is 58.1 Å². The highest BCUT2D eigenvalue weighted by Gasteiger charge is 2.39. The van der Waals surface area contributed by atoms with Gasteiger partial charge in [-0.25, -0.2) is 9.59 Å². The van der Waals surface area contributed by atoms with Crippen molar-refractivity contribution < 1.29 is 9.59 Å². The molecule has 0 spiro atoms. The van der Waals surface area contributed by atoms with Crippen LogP contribution in [0.5, 0.6) is 0 Å². The smallest absolute Gasteiger partial charge is 0.319 e. The monoisotopic (exact) mass is 450 g/mol. The topological polar surface area (TPSA) is 82.3 Å². The van der Waals surface area contributed by atoms with Crippen molar-refractivity contribution in [1.29, 1.82) is 0 Å². The fraction of sp³-hybridized carbons (Fsp3) is 0.481. The Morgan fingerprint density at radius 2 is 1.36 bits per heavy atom. The van der Waals surface area contributed by atoms with Crippen molar-refractivity contribution in [2.75, 3.05) is 24.2 Å². The van der Waals surface area contributed by atoms with E-state index in [0.29, 0.717) is 17.9 Å². The minimum absolute atomic E-state index is 0.133. The third-order valence-corrected chi connectivity index (χ3v) is 6.38. The first-order chi connectivity index (χ1) is 15.6. The molecule has 1 fully saturated rings. The number of amides is 4. The van der Waals surface area contributed by atoms with Gasteiger partial charge in [-0.05, 0) is 77.8 Å². The summed E-state index contributed by atoms with van der Waals surface area (Å²) in [4.78, 5) is 23.9. The number of hydrogen-bond donors (Lipinski definition) is 4. The van der Waals surface area contributed by atoms with Crippen LogP contribution in [0, 0.1) is 16.7 Å². The molecule has 6 heteroatoms. The molecule has 3 rings (SSSR count). The fourth-order valence-electron chi connectivity index (χ4n) is 5.60. The molecule has 1 aliphatic rings. The number of rotatable bonds is 6.